The van der Waals surface area contributed by atoms with Crippen LogP contribution in [0.25, 0.3) is 11.7 Å². The second-order valence-electron chi connectivity index (χ2n) is 7.57. The van der Waals surface area contributed by atoms with Gasteiger partial charge in [0.05, 0.1) is 4.91 Å². The molecule has 3 aromatic rings. The number of carbonyl (C=O) groups is 1. The molecule has 1 aromatic carbocycles. The van der Waals surface area contributed by atoms with Crippen LogP contribution in [0.4, 0.5) is 0 Å². The maximum absolute atomic E-state index is 13.5. The first kappa shape index (κ1) is 23.2. The van der Waals surface area contributed by atoms with Crippen LogP contribution in [0.2, 0.25) is 0 Å². The van der Waals surface area contributed by atoms with Gasteiger partial charge in [-0.15, -0.1) is 0 Å². The molecule has 1 aliphatic heterocycles. The Hall–Kier alpha value is -3.01. The lowest BCUT2D eigenvalue weighted by molar-refractivity contribution is -0.122. The van der Waals surface area contributed by atoms with E-state index in [9.17, 15) is 9.59 Å². The van der Waals surface area contributed by atoms with Crippen molar-refractivity contribution in [2.24, 2.45) is 0 Å². The number of rotatable bonds is 7. The molecule has 33 heavy (non-hydrogen) atoms. The van der Waals surface area contributed by atoms with Crippen LogP contribution in [0, 0.1) is 13.8 Å². The number of amides is 1. The lowest BCUT2D eigenvalue weighted by Crippen LogP contribution is -2.29. The summed E-state index contributed by atoms with van der Waals surface area (Å²) in [5, 5.41) is 0. The maximum atomic E-state index is 13.5. The molecule has 9 heteroatoms. The zero-order valence-corrected chi connectivity index (χ0v) is 20.2. The average molecular weight is 482 g/mol. The first-order valence-electron chi connectivity index (χ1n) is 10.4. The van der Waals surface area contributed by atoms with Crippen molar-refractivity contribution in [2.75, 3.05) is 20.3 Å². The number of hydrogen-bond donors (Lipinski definition) is 0. The van der Waals surface area contributed by atoms with Gasteiger partial charge in [0, 0.05) is 26.5 Å². The van der Waals surface area contributed by atoms with Crippen molar-refractivity contribution < 1.29 is 14.3 Å². The monoisotopic (exact) mass is 481 g/mol. The summed E-state index contributed by atoms with van der Waals surface area (Å²) in [5.74, 6) is 0.494. The largest absolute Gasteiger partial charge is 0.438 e. The molecule has 4 rings (SSSR count). The minimum absolute atomic E-state index is 0.147. The summed E-state index contributed by atoms with van der Waals surface area (Å²) in [6, 6.07) is 11.2. The van der Waals surface area contributed by atoms with Gasteiger partial charge in [0.15, 0.2) is 0 Å². The number of hydrogen-bond acceptors (Lipinski definition) is 7. The standard InChI is InChI=1S/C24H23N3O4S2/c1-15-8-4-5-10-18(15)31-21-17(22(28)26-11-6-9-16(2)20(26)25-21)14-19-23(29)27(24(32)33-19)12-7-13-30-3/h4-6,8-11,14H,7,12-13H2,1-3H3/b19-14+. The molecular formula is C24H23N3O4S2. The highest BCUT2D eigenvalue weighted by Gasteiger charge is 2.32. The SMILES string of the molecule is COCCCN1C(=O)/C(=C\c2c(Oc3ccccc3C)nc3c(C)cccn3c2=O)SC1=S. The van der Waals surface area contributed by atoms with Gasteiger partial charge in [-0.3, -0.25) is 18.9 Å². The molecular weight excluding hydrogens is 458 g/mol. The van der Waals surface area contributed by atoms with Crippen LogP contribution in [0.1, 0.15) is 23.1 Å². The number of aryl methyl sites for hydroxylation is 2. The Bertz CT molecular complexity index is 1330. The average Bonchev–Trinajstić information content (AvgIpc) is 3.06. The number of benzene rings is 1. The lowest BCUT2D eigenvalue weighted by atomic mass is 10.2. The van der Waals surface area contributed by atoms with Gasteiger partial charge in [-0.05, 0) is 49.6 Å². The van der Waals surface area contributed by atoms with Crippen molar-refractivity contribution in [2.45, 2.75) is 20.3 Å². The second-order valence-corrected chi connectivity index (χ2v) is 9.24. The Morgan fingerprint density at radius 3 is 2.64 bits per heavy atom. The fraction of sp³-hybridized carbons (Fsp3) is 0.250. The molecule has 0 radical (unpaired) electrons. The van der Waals surface area contributed by atoms with Crippen LogP contribution in [0.5, 0.6) is 11.6 Å². The van der Waals surface area contributed by atoms with Gasteiger partial charge in [0.25, 0.3) is 11.5 Å². The number of aromatic nitrogens is 2. The molecule has 0 unspecified atom stereocenters. The van der Waals surface area contributed by atoms with Crippen LogP contribution >= 0.6 is 24.0 Å². The third kappa shape index (κ3) is 4.71. The molecule has 0 aliphatic carbocycles. The predicted molar refractivity (Wildman–Crippen MR) is 134 cm³/mol. The Kier molecular flexibility index (Phi) is 6.92. The lowest BCUT2D eigenvalue weighted by Gasteiger charge is -2.14. The zero-order chi connectivity index (χ0) is 23.5. The van der Waals surface area contributed by atoms with E-state index in [0.29, 0.717) is 40.2 Å². The first-order valence-corrected chi connectivity index (χ1v) is 11.6. The molecule has 0 atom stereocenters. The quantitative estimate of drug-likeness (QED) is 0.282. The molecule has 0 saturated carbocycles. The van der Waals surface area contributed by atoms with Crippen molar-refractivity contribution >= 4 is 45.9 Å². The number of thiocarbonyl (C=S) groups is 1. The van der Waals surface area contributed by atoms with Crippen molar-refractivity contribution in [3.63, 3.8) is 0 Å². The third-order valence-electron chi connectivity index (χ3n) is 5.23. The normalized spacial score (nSPS) is 15.1. The molecule has 7 nitrogen and oxygen atoms in total. The van der Waals surface area contributed by atoms with Gasteiger partial charge in [-0.25, -0.2) is 0 Å². The number of pyridine rings is 1. The Morgan fingerprint density at radius 1 is 1.12 bits per heavy atom. The maximum Gasteiger partial charge on any atom is 0.269 e. The molecule has 2 aromatic heterocycles. The highest BCUT2D eigenvalue weighted by Crippen LogP contribution is 2.34. The van der Waals surface area contributed by atoms with E-state index >= 15 is 0 Å². The molecule has 1 fully saturated rings. The summed E-state index contributed by atoms with van der Waals surface area (Å²) >= 11 is 6.57. The van der Waals surface area contributed by atoms with Gasteiger partial charge < -0.3 is 9.47 Å². The number of nitrogens with zero attached hydrogens (tertiary/aromatic N) is 3. The van der Waals surface area contributed by atoms with Gasteiger partial charge >= 0.3 is 0 Å². The minimum Gasteiger partial charge on any atom is -0.438 e. The number of ether oxygens (including phenoxy) is 2. The Morgan fingerprint density at radius 2 is 1.88 bits per heavy atom. The van der Waals surface area contributed by atoms with E-state index in [-0.39, 0.29) is 22.9 Å². The molecule has 1 amide bonds. The van der Waals surface area contributed by atoms with Crippen LogP contribution in [-0.4, -0.2) is 44.8 Å². The number of thioether (sulfide) groups is 1. The van der Waals surface area contributed by atoms with Crippen molar-refractivity contribution in [1.29, 1.82) is 0 Å². The molecule has 1 aliphatic rings. The van der Waals surface area contributed by atoms with E-state index in [1.807, 2.05) is 44.2 Å². The predicted octanol–water partition coefficient (Wildman–Crippen LogP) is 4.34. The molecule has 3 heterocycles. The van der Waals surface area contributed by atoms with Crippen molar-refractivity contribution in [1.82, 2.24) is 14.3 Å². The minimum atomic E-state index is -0.322. The van der Waals surface area contributed by atoms with Crippen LogP contribution in [0.3, 0.4) is 0 Å². The van der Waals surface area contributed by atoms with Crippen molar-refractivity contribution in [3.8, 4) is 11.6 Å². The van der Waals surface area contributed by atoms with Gasteiger partial charge in [0.2, 0.25) is 5.88 Å². The number of para-hydroxylation sites is 1. The summed E-state index contributed by atoms with van der Waals surface area (Å²) in [4.78, 5) is 33.0. The topological polar surface area (TPSA) is 73.1 Å². The molecule has 1 saturated heterocycles. The molecule has 0 bridgehead atoms. The van der Waals surface area contributed by atoms with E-state index in [2.05, 4.69) is 4.98 Å². The van der Waals surface area contributed by atoms with Crippen LogP contribution in [0.15, 0.2) is 52.3 Å². The number of fused-ring (bicyclic) bond motifs is 1. The Labute approximate surface area is 201 Å². The smallest absolute Gasteiger partial charge is 0.269 e. The number of methoxy groups -OCH3 is 1. The van der Waals surface area contributed by atoms with E-state index in [1.165, 1.54) is 27.1 Å². The summed E-state index contributed by atoms with van der Waals surface area (Å²) in [7, 11) is 1.61. The summed E-state index contributed by atoms with van der Waals surface area (Å²) in [5.41, 5.74) is 2.10. The highest BCUT2D eigenvalue weighted by molar-refractivity contribution is 8.26. The summed E-state index contributed by atoms with van der Waals surface area (Å²) in [6.45, 7) is 4.78. The molecule has 170 valence electrons. The van der Waals surface area contributed by atoms with Gasteiger partial charge in [0.1, 0.15) is 21.3 Å². The van der Waals surface area contributed by atoms with E-state index < -0.39 is 0 Å². The second kappa shape index (κ2) is 9.86. The summed E-state index contributed by atoms with van der Waals surface area (Å²) in [6.07, 6.45) is 3.85. The third-order valence-corrected chi connectivity index (χ3v) is 6.61. The van der Waals surface area contributed by atoms with Gasteiger partial charge in [-0.2, -0.15) is 4.98 Å². The number of carbonyl (C=O) groups excluding carboxylic acids is 1. The highest BCUT2D eigenvalue weighted by atomic mass is 32.2. The summed E-state index contributed by atoms with van der Waals surface area (Å²) < 4.78 is 13.1. The van der Waals surface area contributed by atoms with E-state index in [0.717, 1.165) is 11.1 Å². The first-order chi connectivity index (χ1) is 15.9. The van der Waals surface area contributed by atoms with Crippen LogP contribution in [-0.2, 0) is 9.53 Å². The van der Waals surface area contributed by atoms with E-state index in [1.54, 1.807) is 19.4 Å². The molecule has 0 spiro atoms. The van der Waals surface area contributed by atoms with Gasteiger partial charge in [-0.1, -0.05) is 48.2 Å². The van der Waals surface area contributed by atoms with Crippen LogP contribution < -0.4 is 10.3 Å². The van der Waals surface area contributed by atoms with E-state index in [4.69, 9.17) is 21.7 Å². The Balaban J connectivity index is 1.82. The molecule has 0 N–H and O–H groups in total. The van der Waals surface area contributed by atoms with Crippen molar-refractivity contribution in [3.05, 3.63) is 74.5 Å². The fourth-order valence-corrected chi connectivity index (χ4v) is 4.75. The zero-order valence-electron chi connectivity index (χ0n) is 18.5. The fourth-order valence-electron chi connectivity index (χ4n) is 3.46.